The lowest BCUT2D eigenvalue weighted by Gasteiger charge is -2.22. The molecule has 9 aromatic carbocycles. The van der Waals surface area contributed by atoms with Crippen LogP contribution in [-0.4, -0.2) is 166 Å². The molecule has 0 aliphatic carbocycles. The fourth-order valence-electron chi connectivity index (χ4n) is 16.4. The van der Waals surface area contributed by atoms with Crippen LogP contribution in [0.4, 0.5) is 0 Å². The van der Waals surface area contributed by atoms with E-state index in [2.05, 4.69) is 0 Å². The van der Waals surface area contributed by atoms with Gasteiger partial charge in [0.2, 0.25) is 0 Å². The van der Waals surface area contributed by atoms with Gasteiger partial charge in [-0.1, -0.05) is 72.8 Å². The number of hydrogen-bond donors (Lipinski definition) is 0. The number of methoxy groups -OCH3 is 15. The van der Waals surface area contributed by atoms with Crippen LogP contribution in [0, 0.1) is 6.92 Å². The van der Waals surface area contributed by atoms with Gasteiger partial charge in [0, 0.05) is 109 Å². The van der Waals surface area contributed by atoms with Crippen LogP contribution in [0.15, 0.2) is 127 Å². The molecule has 0 saturated heterocycles. The van der Waals surface area contributed by atoms with E-state index in [1.54, 1.807) is 85.1 Å². The van der Waals surface area contributed by atoms with Crippen molar-refractivity contribution in [3.63, 3.8) is 0 Å². The summed E-state index contributed by atoms with van der Waals surface area (Å²) >= 11 is 0. The number of ether oxygens (including phenoxy) is 16. The molecule has 0 aliphatic heterocycles. The largest absolute Gasteiger partial charge is 0.496 e. The molecule has 0 heterocycles. The summed E-state index contributed by atoms with van der Waals surface area (Å²) in [7, 11) is 21.7. The lowest BCUT2D eigenvalue weighted by atomic mass is 9.86. The van der Waals surface area contributed by atoms with Gasteiger partial charge in [0.1, 0.15) is 46.0 Å². The number of rotatable bonds is 48. The molecule has 0 saturated carbocycles. The SMILES string of the molecule is COC(=O)CCc1cc(Cc2cc(OC)c(Cc3cc(OC)c(Cc4cc(OC)c(Cc5cc(OC)c(Cc6cc(OC)c(Cc7cc(OC)c(Cc8cc(OC(C)=O)c(C(=O)c9ccccc9)cc8CCC(=O)OC)cc7CCC(=O)OC)cc6CCC(=O)OC)cc5CCC(=O)OC)cc4CCC(=O)OC)cc3CCC(=O)OC)cc2CCC(=O)OC)c(OC)cc1C. The van der Waals surface area contributed by atoms with Gasteiger partial charge in [0.15, 0.2) is 5.78 Å². The Kier molecular flexibility index (Phi) is 37.9. The van der Waals surface area contributed by atoms with Crippen molar-refractivity contribution >= 4 is 59.5 Å². The van der Waals surface area contributed by atoms with Crippen molar-refractivity contribution in [2.45, 2.75) is 162 Å². The molecule has 0 spiro atoms. The summed E-state index contributed by atoms with van der Waals surface area (Å²) in [6.07, 6.45) is 4.47. The molecule has 26 heteroatoms. The van der Waals surface area contributed by atoms with Crippen molar-refractivity contribution < 1.29 is 124 Å². The van der Waals surface area contributed by atoms with E-state index in [0.29, 0.717) is 88.2 Å². The number of hydrogen-bond acceptors (Lipinski definition) is 26. The van der Waals surface area contributed by atoms with Gasteiger partial charge >= 0.3 is 53.7 Å². The molecule has 0 radical (unpaired) electrons. The van der Waals surface area contributed by atoms with E-state index < -0.39 is 47.6 Å². The Balaban J connectivity index is 1.10. The van der Waals surface area contributed by atoms with Gasteiger partial charge in [0.25, 0.3) is 0 Å². The highest BCUT2D eigenvalue weighted by Crippen LogP contribution is 2.42. The number of esters is 9. The predicted molar refractivity (Wildman–Crippen MR) is 486 cm³/mol. The number of ketones is 1. The summed E-state index contributed by atoms with van der Waals surface area (Å²) in [6, 6.07) is 39.6. The summed E-state index contributed by atoms with van der Waals surface area (Å²) in [5.41, 5.74) is 18.6. The third kappa shape index (κ3) is 27.3. The van der Waals surface area contributed by atoms with Gasteiger partial charge < -0.3 is 75.8 Å². The first kappa shape index (κ1) is 100. The molecule has 0 aliphatic rings. The second-order valence-electron chi connectivity index (χ2n) is 31.4. The Bertz CT molecular complexity index is 5580. The number of aryl methyl sites for hydroxylation is 9. The van der Waals surface area contributed by atoms with Crippen LogP contribution in [0.25, 0.3) is 0 Å². The summed E-state index contributed by atoms with van der Waals surface area (Å²) in [4.78, 5) is 131. The zero-order chi connectivity index (χ0) is 94.3. The lowest BCUT2D eigenvalue weighted by molar-refractivity contribution is -0.141. The zero-order valence-electron chi connectivity index (χ0n) is 77.5. The van der Waals surface area contributed by atoms with Gasteiger partial charge in [-0.2, -0.15) is 0 Å². The Morgan fingerprint density at radius 3 is 0.615 bits per heavy atom. The van der Waals surface area contributed by atoms with Crippen molar-refractivity contribution in [2.75, 3.05) is 107 Å². The Morgan fingerprint density at radius 1 is 0.215 bits per heavy atom. The van der Waals surface area contributed by atoms with E-state index in [9.17, 15) is 47.9 Å². The van der Waals surface area contributed by atoms with Crippen molar-refractivity contribution in [2.24, 2.45) is 0 Å². The number of carbonyl (C=O) groups is 10. The Labute approximate surface area is 760 Å². The zero-order valence-corrected chi connectivity index (χ0v) is 77.5. The fraction of sp³-hybridized carbons (Fsp3) is 0.385. The van der Waals surface area contributed by atoms with Crippen LogP contribution in [0.1, 0.15) is 202 Å². The second kappa shape index (κ2) is 49.1. The molecule has 0 amide bonds. The van der Waals surface area contributed by atoms with Gasteiger partial charge in [0.05, 0.1) is 112 Å². The van der Waals surface area contributed by atoms with Crippen LogP contribution in [0.3, 0.4) is 0 Å². The van der Waals surface area contributed by atoms with Gasteiger partial charge in [-0.15, -0.1) is 0 Å². The molecule has 9 aromatic rings. The van der Waals surface area contributed by atoms with Crippen LogP contribution in [-0.2, 0) is 177 Å². The summed E-state index contributed by atoms with van der Waals surface area (Å²) < 4.78 is 90.4. The molecule has 130 heavy (non-hydrogen) atoms. The van der Waals surface area contributed by atoms with E-state index >= 15 is 0 Å². The first-order valence-corrected chi connectivity index (χ1v) is 42.9. The van der Waals surface area contributed by atoms with Crippen LogP contribution in [0.2, 0.25) is 0 Å². The highest BCUT2D eigenvalue weighted by Gasteiger charge is 2.28. The average molecular weight is 1780 g/mol. The van der Waals surface area contributed by atoms with Gasteiger partial charge in [-0.05, 0) is 241 Å². The quantitative estimate of drug-likeness (QED) is 0.0148. The molecular weight excluding hydrogens is 1670 g/mol. The number of benzene rings is 9. The predicted octanol–water partition coefficient (Wildman–Crippen LogP) is 15.2. The van der Waals surface area contributed by atoms with Crippen molar-refractivity contribution in [3.8, 4) is 46.0 Å². The molecule has 26 nitrogen and oxygen atoms in total. The molecule has 0 bridgehead atoms. The van der Waals surface area contributed by atoms with Gasteiger partial charge in [-0.3, -0.25) is 47.9 Å². The van der Waals surface area contributed by atoms with Crippen molar-refractivity contribution in [1.29, 1.82) is 0 Å². The van der Waals surface area contributed by atoms with E-state index in [-0.39, 0.29) is 145 Å². The van der Waals surface area contributed by atoms with Crippen LogP contribution in [0.5, 0.6) is 46.0 Å². The van der Waals surface area contributed by atoms with Crippen LogP contribution >= 0.6 is 0 Å². The highest BCUT2D eigenvalue weighted by atomic mass is 16.6. The molecule has 0 aromatic heterocycles. The third-order valence-electron chi connectivity index (χ3n) is 23.5. The lowest BCUT2D eigenvalue weighted by Crippen LogP contribution is -2.12. The first-order valence-electron chi connectivity index (χ1n) is 42.9. The molecular formula is C104H118O26. The monoisotopic (exact) mass is 1780 g/mol. The average Bonchev–Trinajstić information content (AvgIpc) is 0.788. The molecule has 0 fully saturated rings. The Hall–Kier alpha value is -13.5. The summed E-state index contributed by atoms with van der Waals surface area (Å²) in [6.45, 7) is 3.21. The third-order valence-corrected chi connectivity index (χ3v) is 23.5. The van der Waals surface area contributed by atoms with E-state index in [0.717, 1.165) is 111 Å². The highest BCUT2D eigenvalue weighted by molar-refractivity contribution is 6.11. The molecule has 9 rings (SSSR count). The number of carbonyl (C=O) groups excluding carboxylic acids is 10. The van der Waals surface area contributed by atoms with Crippen LogP contribution < -0.4 is 37.9 Å². The molecule has 690 valence electrons. The summed E-state index contributed by atoms with van der Waals surface area (Å²) in [5, 5.41) is 0. The fourth-order valence-corrected chi connectivity index (χ4v) is 16.4. The van der Waals surface area contributed by atoms with Gasteiger partial charge in [-0.25, -0.2) is 0 Å². The minimum atomic E-state index is -0.650. The Morgan fingerprint density at radius 2 is 0.408 bits per heavy atom. The topological polar surface area (TPSA) is 318 Å². The summed E-state index contributed by atoms with van der Waals surface area (Å²) in [5.74, 6) is -0.600. The minimum Gasteiger partial charge on any atom is -0.496 e. The van der Waals surface area contributed by atoms with Crippen molar-refractivity contribution in [1.82, 2.24) is 0 Å². The van der Waals surface area contributed by atoms with E-state index in [1.807, 2.05) is 91.9 Å². The van der Waals surface area contributed by atoms with Crippen molar-refractivity contribution in [3.05, 3.63) is 266 Å². The first-order chi connectivity index (χ1) is 62.6. The maximum Gasteiger partial charge on any atom is 0.308 e. The maximum atomic E-state index is 14.2. The standard InChI is InChI=1S/C104H118O26/c1-62-39-88(115-3)80(40-65(62)23-31-96(106)122-10)47-73-55-89(116-4)81(41-66(73)24-32-97(107)123-11)48-74-56-90(117-5)82(42-67(74)25-33-98(108)124-12)49-75-57-91(118-6)83(43-68(75)26-34-99(109)125-13)50-76-58-92(119-7)84(44-69(76)27-35-100(110)126-14)51-77-59-93(120-8)85(45-70(77)28-36-101(111)127-15)52-78-60-94(121-9)86(46-71(78)29-37-102(112)128-16)53-79-61-95(130-63(2)105)87(54-72(79)30-38-103(113)129-17)104(114)64-21-19-18-20-22-64/h18-22,39-46,54-61H,23-38,47-53H2,1-17H3. The minimum absolute atomic E-state index is 0.00610. The molecule has 0 atom stereocenters. The second-order valence-corrected chi connectivity index (χ2v) is 31.4. The normalized spacial score (nSPS) is 10.9. The smallest absolute Gasteiger partial charge is 0.308 e. The molecule has 0 N–H and O–H groups in total. The van der Waals surface area contributed by atoms with E-state index in [4.69, 9.17) is 75.8 Å². The molecule has 0 unspecified atom stereocenters. The maximum absolute atomic E-state index is 14.2. The van der Waals surface area contributed by atoms with E-state index in [1.165, 1.54) is 70.9 Å².